The van der Waals surface area contributed by atoms with E-state index < -0.39 is 0 Å². The van der Waals surface area contributed by atoms with Crippen molar-refractivity contribution in [3.8, 4) is 0 Å². The lowest BCUT2D eigenvalue weighted by atomic mass is 10.2. The summed E-state index contributed by atoms with van der Waals surface area (Å²) in [6.07, 6.45) is 1.18. The van der Waals surface area contributed by atoms with E-state index in [0.29, 0.717) is 6.04 Å². The summed E-state index contributed by atoms with van der Waals surface area (Å²) in [5.74, 6) is 0.977. The monoisotopic (exact) mass is 235 g/mol. The smallest absolute Gasteiger partial charge is 0.126 e. The highest BCUT2D eigenvalue weighted by Crippen LogP contribution is 2.11. The van der Waals surface area contributed by atoms with E-state index in [1.807, 2.05) is 6.07 Å². The molecule has 0 aliphatic heterocycles. The highest BCUT2D eigenvalue weighted by molar-refractivity contribution is 5.34. The van der Waals surface area contributed by atoms with Gasteiger partial charge in [-0.2, -0.15) is 0 Å². The van der Waals surface area contributed by atoms with Crippen LogP contribution in [0.15, 0.2) is 18.2 Å². The molecule has 0 aliphatic rings. The second kappa shape index (κ2) is 7.28. The Hall–Kier alpha value is -1.09. The van der Waals surface area contributed by atoms with Crippen LogP contribution in [0.25, 0.3) is 0 Å². The molecule has 3 heteroatoms. The molecule has 0 aliphatic carbocycles. The van der Waals surface area contributed by atoms with Crippen molar-refractivity contribution in [2.75, 3.05) is 18.4 Å². The summed E-state index contributed by atoms with van der Waals surface area (Å²) < 4.78 is 0. The van der Waals surface area contributed by atoms with Gasteiger partial charge in [-0.1, -0.05) is 19.9 Å². The molecule has 1 atom stereocenters. The van der Waals surface area contributed by atoms with E-state index in [2.05, 4.69) is 55.0 Å². The van der Waals surface area contributed by atoms with E-state index in [0.717, 1.165) is 31.1 Å². The third kappa shape index (κ3) is 4.35. The topological polar surface area (TPSA) is 28.2 Å². The summed E-state index contributed by atoms with van der Waals surface area (Å²) in [5, 5.41) is 3.25. The maximum Gasteiger partial charge on any atom is 0.126 e. The molecule has 3 nitrogen and oxygen atoms in total. The minimum Gasteiger partial charge on any atom is -0.370 e. The second-order valence-electron chi connectivity index (χ2n) is 4.36. The molecule has 1 N–H and O–H groups in total. The molecule has 0 aromatic carbocycles. The second-order valence-corrected chi connectivity index (χ2v) is 4.36. The van der Waals surface area contributed by atoms with Gasteiger partial charge in [0.25, 0.3) is 0 Å². The van der Waals surface area contributed by atoms with Gasteiger partial charge in [-0.15, -0.1) is 0 Å². The number of anilines is 1. The third-order valence-corrected chi connectivity index (χ3v) is 3.15. The molecule has 1 heterocycles. The normalized spacial score (nSPS) is 12.8. The Morgan fingerprint density at radius 2 is 2.06 bits per heavy atom. The minimum atomic E-state index is 0.615. The summed E-state index contributed by atoms with van der Waals surface area (Å²) >= 11 is 0. The highest BCUT2D eigenvalue weighted by Gasteiger charge is 2.11. The standard InChI is InChI=1S/C14H25N3/c1-5-12(4)17(7-3)11-13-9-8-10-14(16-13)15-6-2/h8-10,12H,5-7,11H2,1-4H3,(H,15,16). The largest absolute Gasteiger partial charge is 0.370 e. The van der Waals surface area contributed by atoms with Crippen molar-refractivity contribution in [3.05, 3.63) is 23.9 Å². The number of nitrogens with zero attached hydrogens (tertiary/aromatic N) is 2. The van der Waals surface area contributed by atoms with E-state index in [4.69, 9.17) is 0 Å². The molecular weight excluding hydrogens is 210 g/mol. The Bertz CT molecular complexity index is 325. The fourth-order valence-electron chi connectivity index (χ4n) is 1.89. The van der Waals surface area contributed by atoms with Crippen LogP contribution in [0.3, 0.4) is 0 Å². The first-order valence-corrected chi connectivity index (χ1v) is 6.65. The fourth-order valence-corrected chi connectivity index (χ4v) is 1.89. The Morgan fingerprint density at radius 3 is 2.65 bits per heavy atom. The van der Waals surface area contributed by atoms with Crippen molar-refractivity contribution < 1.29 is 0 Å². The molecule has 0 spiro atoms. The summed E-state index contributed by atoms with van der Waals surface area (Å²) in [5.41, 5.74) is 1.14. The molecule has 0 saturated heterocycles. The predicted octanol–water partition coefficient (Wildman–Crippen LogP) is 3.13. The van der Waals surface area contributed by atoms with Gasteiger partial charge in [0, 0.05) is 19.1 Å². The average Bonchev–Trinajstić information content (AvgIpc) is 2.36. The van der Waals surface area contributed by atoms with E-state index in [-0.39, 0.29) is 0 Å². The van der Waals surface area contributed by atoms with Gasteiger partial charge in [0.1, 0.15) is 5.82 Å². The van der Waals surface area contributed by atoms with Crippen LogP contribution in [0.2, 0.25) is 0 Å². The van der Waals surface area contributed by atoms with Gasteiger partial charge < -0.3 is 5.32 Å². The first-order valence-electron chi connectivity index (χ1n) is 6.65. The van der Waals surface area contributed by atoms with Crippen molar-refractivity contribution in [2.45, 2.75) is 46.7 Å². The number of nitrogens with one attached hydrogen (secondary N) is 1. The number of rotatable bonds is 7. The molecule has 0 radical (unpaired) electrons. The maximum atomic E-state index is 4.61. The zero-order valence-electron chi connectivity index (χ0n) is 11.5. The van der Waals surface area contributed by atoms with Gasteiger partial charge in [0.15, 0.2) is 0 Å². The fraction of sp³-hybridized carbons (Fsp3) is 0.643. The molecule has 0 saturated carbocycles. The number of hydrogen-bond donors (Lipinski definition) is 1. The minimum absolute atomic E-state index is 0.615. The van der Waals surface area contributed by atoms with Gasteiger partial charge >= 0.3 is 0 Å². The number of hydrogen-bond acceptors (Lipinski definition) is 3. The molecule has 0 amide bonds. The van der Waals surface area contributed by atoms with Crippen LogP contribution in [0.1, 0.15) is 39.8 Å². The lowest BCUT2D eigenvalue weighted by Gasteiger charge is -2.26. The van der Waals surface area contributed by atoms with E-state index in [1.165, 1.54) is 6.42 Å². The van der Waals surface area contributed by atoms with E-state index >= 15 is 0 Å². The molecule has 17 heavy (non-hydrogen) atoms. The van der Waals surface area contributed by atoms with Crippen LogP contribution in [-0.2, 0) is 6.54 Å². The maximum absolute atomic E-state index is 4.61. The molecule has 1 aromatic heterocycles. The number of pyridine rings is 1. The van der Waals surface area contributed by atoms with Gasteiger partial charge in [0.2, 0.25) is 0 Å². The summed E-state index contributed by atoms with van der Waals surface area (Å²) in [7, 11) is 0. The molecular formula is C14H25N3. The van der Waals surface area contributed by atoms with Crippen molar-refractivity contribution in [1.29, 1.82) is 0 Å². The zero-order valence-corrected chi connectivity index (χ0v) is 11.5. The summed E-state index contributed by atoms with van der Waals surface area (Å²) in [6, 6.07) is 6.81. The first kappa shape index (κ1) is 14.0. The van der Waals surface area contributed by atoms with Crippen LogP contribution >= 0.6 is 0 Å². The van der Waals surface area contributed by atoms with Crippen LogP contribution in [0.5, 0.6) is 0 Å². The van der Waals surface area contributed by atoms with E-state index in [9.17, 15) is 0 Å². The van der Waals surface area contributed by atoms with Gasteiger partial charge in [0.05, 0.1) is 5.69 Å². The molecule has 1 unspecified atom stereocenters. The Morgan fingerprint density at radius 1 is 1.29 bits per heavy atom. The zero-order chi connectivity index (χ0) is 12.7. The lowest BCUT2D eigenvalue weighted by molar-refractivity contribution is 0.204. The van der Waals surface area contributed by atoms with Crippen molar-refractivity contribution in [1.82, 2.24) is 9.88 Å². The predicted molar refractivity (Wildman–Crippen MR) is 74.2 cm³/mol. The van der Waals surface area contributed by atoms with Crippen LogP contribution in [0.4, 0.5) is 5.82 Å². The Labute approximate surface area is 105 Å². The quantitative estimate of drug-likeness (QED) is 0.787. The summed E-state index contributed by atoms with van der Waals surface area (Å²) in [4.78, 5) is 7.07. The summed E-state index contributed by atoms with van der Waals surface area (Å²) in [6.45, 7) is 11.7. The van der Waals surface area contributed by atoms with Crippen LogP contribution in [0, 0.1) is 0 Å². The third-order valence-electron chi connectivity index (χ3n) is 3.15. The van der Waals surface area contributed by atoms with Crippen molar-refractivity contribution >= 4 is 5.82 Å². The van der Waals surface area contributed by atoms with Crippen LogP contribution in [-0.4, -0.2) is 29.0 Å². The molecule has 0 bridgehead atoms. The number of aromatic nitrogens is 1. The highest BCUT2D eigenvalue weighted by atomic mass is 15.2. The van der Waals surface area contributed by atoms with Crippen molar-refractivity contribution in [3.63, 3.8) is 0 Å². The average molecular weight is 235 g/mol. The van der Waals surface area contributed by atoms with Gasteiger partial charge in [-0.25, -0.2) is 4.98 Å². The lowest BCUT2D eigenvalue weighted by Crippen LogP contribution is -2.32. The van der Waals surface area contributed by atoms with Gasteiger partial charge in [-0.3, -0.25) is 4.90 Å². The molecule has 96 valence electrons. The molecule has 0 fully saturated rings. The Kier molecular flexibility index (Phi) is 5.98. The van der Waals surface area contributed by atoms with Crippen LogP contribution < -0.4 is 5.32 Å². The van der Waals surface area contributed by atoms with Gasteiger partial charge in [-0.05, 0) is 38.9 Å². The first-order chi connectivity index (χ1) is 8.21. The Balaban J connectivity index is 2.68. The van der Waals surface area contributed by atoms with Crippen molar-refractivity contribution in [2.24, 2.45) is 0 Å². The van der Waals surface area contributed by atoms with E-state index in [1.54, 1.807) is 0 Å². The SMILES string of the molecule is CCNc1cccc(CN(CC)C(C)CC)n1. The molecule has 1 rings (SSSR count). The molecule has 1 aromatic rings.